The van der Waals surface area contributed by atoms with E-state index in [1.807, 2.05) is 0 Å². The second kappa shape index (κ2) is 20.3. The molecule has 1 aliphatic rings. The summed E-state index contributed by atoms with van der Waals surface area (Å²) in [6.45, 7) is 2.71. The number of carboxylic acids is 2. The molecule has 3 heterocycles. The molecular weight excluding hydrogens is 774 g/mol. The molecule has 1 aliphatic heterocycles. The van der Waals surface area contributed by atoms with E-state index in [2.05, 4.69) is 9.97 Å². The molecule has 0 bridgehead atoms. The summed E-state index contributed by atoms with van der Waals surface area (Å²) in [4.78, 5) is 42.5. The van der Waals surface area contributed by atoms with Crippen LogP contribution in [-0.2, 0) is 44.3 Å². The first-order chi connectivity index (χ1) is 26.7. The summed E-state index contributed by atoms with van der Waals surface area (Å²) in [7, 11) is 2.83. The number of benzene rings is 1. The van der Waals surface area contributed by atoms with E-state index in [1.54, 1.807) is 6.92 Å². The monoisotopic (exact) mass is 818 g/mol. The standard InChI is InChI=1S/C29H30F6N4O5.C8H14O5/c1-4-27(36)21(14-22-23(39(27)26(40)41)5-6-24(38-22)43-3)25-17(12-20(15-37-25)44-8-7-42-2)9-16-10-18(28(30,31)32)13-19(11-16)29(33,34)35;9-7(10)3-1-5-13-6-2-4-8(11)12/h5-6,10-13,15,21H,4,7-9,14,36H2,1-3H3,(H,40,41);1-6H2,(H,9,10)(H,11,12). The minimum atomic E-state index is -5.05. The second-order valence-electron chi connectivity index (χ2n) is 12.8. The molecule has 314 valence electrons. The molecule has 0 radical (unpaired) electrons. The number of hydrogen-bond acceptors (Lipinski definition) is 10. The van der Waals surface area contributed by atoms with Gasteiger partial charge in [0.1, 0.15) is 18.0 Å². The van der Waals surface area contributed by atoms with Gasteiger partial charge in [0.2, 0.25) is 5.88 Å². The number of methoxy groups -OCH3 is 2. The van der Waals surface area contributed by atoms with Crippen molar-refractivity contribution in [3.8, 4) is 11.6 Å². The number of nitrogens with two attached hydrogens (primary N) is 1. The van der Waals surface area contributed by atoms with Crippen LogP contribution in [0, 0.1) is 0 Å². The van der Waals surface area contributed by atoms with Gasteiger partial charge < -0.3 is 40.0 Å². The number of carbonyl (C=O) groups is 3. The largest absolute Gasteiger partial charge is 0.490 e. The first-order valence-corrected chi connectivity index (χ1v) is 17.5. The Kier molecular flexibility index (Phi) is 16.4. The molecule has 0 fully saturated rings. The molecule has 0 saturated heterocycles. The van der Waals surface area contributed by atoms with Gasteiger partial charge in [-0.25, -0.2) is 9.78 Å². The Morgan fingerprint density at radius 2 is 1.49 bits per heavy atom. The SMILES string of the molecule is CCC1(N)C(c2ncc(OCCOC)cc2Cc2cc(C(F)(F)F)cc(C(F)(F)F)c2)Cc2nc(OC)ccc2N1C(=O)O.O=C(O)CCCOCCCC(=O)O. The molecule has 5 N–H and O–H groups in total. The van der Waals surface area contributed by atoms with E-state index in [9.17, 15) is 45.8 Å². The zero-order valence-electron chi connectivity index (χ0n) is 31.3. The maximum Gasteiger partial charge on any atom is 0.416 e. The van der Waals surface area contributed by atoms with Gasteiger partial charge >= 0.3 is 30.4 Å². The number of carboxylic acid groups (broad SMARTS) is 3. The third-order valence-corrected chi connectivity index (χ3v) is 8.81. The summed E-state index contributed by atoms with van der Waals surface area (Å²) in [5, 5.41) is 26.8. The summed E-state index contributed by atoms with van der Waals surface area (Å²) in [5.41, 5.74) is 2.85. The van der Waals surface area contributed by atoms with Crippen molar-refractivity contribution in [3.63, 3.8) is 0 Å². The number of aromatic nitrogens is 2. The molecule has 57 heavy (non-hydrogen) atoms. The van der Waals surface area contributed by atoms with E-state index in [0.29, 0.717) is 43.9 Å². The van der Waals surface area contributed by atoms with Crippen LogP contribution < -0.4 is 20.1 Å². The van der Waals surface area contributed by atoms with Crippen molar-refractivity contribution in [2.45, 2.75) is 75.8 Å². The summed E-state index contributed by atoms with van der Waals surface area (Å²) in [5.74, 6) is -2.23. The molecule has 2 atom stereocenters. The van der Waals surface area contributed by atoms with Gasteiger partial charge in [0.15, 0.2) is 0 Å². The minimum absolute atomic E-state index is 0.0426. The summed E-state index contributed by atoms with van der Waals surface area (Å²) >= 11 is 0. The lowest BCUT2D eigenvalue weighted by molar-refractivity contribution is -0.143. The molecular formula is C37H44F6N4O10. The van der Waals surface area contributed by atoms with Crippen molar-refractivity contribution < 1.29 is 75.0 Å². The maximum absolute atomic E-state index is 13.6. The van der Waals surface area contributed by atoms with Gasteiger partial charge in [0, 0.05) is 51.6 Å². The van der Waals surface area contributed by atoms with Gasteiger partial charge in [-0.05, 0) is 67.1 Å². The van der Waals surface area contributed by atoms with Gasteiger partial charge in [0.25, 0.3) is 0 Å². The number of nitrogens with zero attached hydrogens (tertiary/aromatic N) is 3. The fourth-order valence-electron chi connectivity index (χ4n) is 6.08. The smallest absolute Gasteiger partial charge is 0.416 e. The van der Waals surface area contributed by atoms with Crippen LogP contribution in [0.3, 0.4) is 0 Å². The van der Waals surface area contributed by atoms with Crippen LogP contribution in [0.25, 0.3) is 0 Å². The number of anilines is 1. The fraction of sp³-hybridized carbons (Fsp3) is 0.486. The van der Waals surface area contributed by atoms with Gasteiger partial charge in [0.05, 0.1) is 48.1 Å². The van der Waals surface area contributed by atoms with Crippen molar-refractivity contribution >= 4 is 23.7 Å². The van der Waals surface area contributed by atoms with E-state index in [4.69, 9.17) is 34.9 Å². The minimum Gasteiger partial charge on any atom is -0.490 e. The van der Waals surface area contributed by atoms with Crippen LogP contribution in [0.5, 0.6) is 11.6 Å². The van der Waals surface area contributed by atoms with Crippen molar-refractivity contribution in [3.05, 3.63) is 76.2 Å². The zero-order valence-corrected chi connectivity index (χ0v) is 31.3. The zero-order chi connectivity index (χ0) is 42.6. The normalized spacial score (nSPS) is 16.6. The number of hydrogen-bond donors (Lipinski definition) is 4. The average molecular weight is 819 g/mol. The van der Waals surface area contributed by atoms with E-state index in [1.165, 1.54) is 38.6 Å². The third-order valence-electron chi connectivity index (χ3n) is 8.81. The van der Waals surface area contributed by atoms with E-state index in [0.717, 1.165) is 4.90 Å². The number of halogens is 6. The molecule has 14 nitrogen and oxygen atoms in total. The molecule has 0 spiro atoms. The van der Waals surface area contributed by atoms with Gasteiger partial charge in [-0.3, -0.25) is 19.5 Å². The Morgan fingerprint density at radius 3 is 1.98 bits per heavy atom. The molecule has 20 heteroatoms. The number of fused-ring (bicyclic) bond motifs is 1. The molecule has 1 amide bonds. The highest BCUT2D eigenvalue weighted by atomic mass is 19.4. The highest BCUT2D eigenvalue weighted by molar-refractivity contribution is 5.89. The second-order valence-corrected chi connectivity index (χ2v) is 12.8. The van der Waals surface area contributed by atoms with E-state index >= 15 is 0 Å². The van der Waals surface area contributed by atoms with Crippen molar-refractivity contribution in [1.29, 1.82) is 0 Å². The first kappa shape index (κ1) is 46.2. The number of pyridine rings is 2. The molecule has 0 aliphatic carbocycles. The predicted molar refractivity (Wildman–Crippen MR) is 190 cm³/mol. The highest BCUT2D eigenvalue weighted by Crippen LogP contribution is 2.46. The Hall–Kier alpha value is -5.21. The van der Waals surface area contributed by atoms with Crippen LogP contribution in [-0.4, -0.2) is 89.6 Å². The fourth-order valence-corrected chi connectivity index (χ4v) is 6.08. The van der Waals surface area contributed by atoms with Crippen LogP contribution in [0.1, 0.15) is 78.6 Å². The number of ether oxygens (including phenoxy) is 4. The lowest BCUT2D eigenvalue weighted by Crippen LogP contribution is -2.64. The Balaban J connectivity index is 0.000000573. The van der Waals surface area contributed by atoms with Crippen molar-refractivity contribution in [1.82, 2.24) is 9.97 Å². The third kappa shape index (κ3) is 12.9. The van der Waals surface area contributed by atoms with Crippen LogP contribution >= 0.6 is 0 Å². The predicted octanol–water partition coefficient (Wildman–Crippen LogP) is 6.76. The summed E-state index contributed by atoms with van der Waals surface area (Å²) in [6, 6.07) is 5.76. The molecule has 4 rings (SSSR count). The molecule has 3 aromatic rings. The van der Waals surface area contributed by atoms with Crippen LogP contribution in [0.4, 0.5) is 36.8 Å². The van der Waals surface area contributed by atoms with Crippen LogP contribution in [0.15, 0.2) is 42.6 Å². The van der Waals surface area contributed by atoms with Crippen molar-refractivity contribution in [2.24, 2.45) is 5.73 Å². The Morgan fingerprint density at radius 1 is 0.895 bits per heavy atom. The first-order valence-electron chi connectivity index (χ1n) is 17.5. The van der Waals surface area contributed by atoms with Crippen LogP contribution in [0.2, 0.25) is 0 Å². The average Bonchev–Trinajstić information content (AvgIpc) is 3.13. The molecule has 2 aromatic heterocycles. The van der Waals surface area contributed by atoms with E-state index in [-0.39, 0.29) is 79.1 Å². The van der Waals surface area contributed by atoms with Gasteiger partial charge in [-0.15, -0.1) is 0 Å². The van der Waals surface area contributed by atoms with E-state index < -0.39 is 59.5 Å². The number of rotatable bonds is 17. The number of aliphatic carboxylic acids is 2. The Labute approximate surface area is 323 Å². The highest BCUT2D eigenvalue weighted by Gasteiger charge is 2.50. The maximum atomic E-state index is 13.6. The topological polar surface area (TPSA) is 204 Å². The number of alkyl halides is 6. The molecule has 2 unspecified atom stereocenters. The van der Waals surface area contributed by atoms with Gasteiger partial charge in [-0.2, -0.15) is 26.3 Å². The van der Waals surface area contributed by atoms with Crippen molar-refractivity contribution in [2.75, 3.05) is 45.5 Å². The lowest BCUT2D eigenvalue weighted by atomic mass is 9.77. The number of amides is 1. The molecule has 1 aromatic carbocycles. The quantitative estimate of drug-likeness (QED) is 0.0822. The lowest BCUT2D eigenvalue weighted by Gasteiger charge is -2.48. The summed E-state index contributed by atoms with van der Waals surface area (Å²) in [6.07, 6.45) is -9.32. The molecule has 0 saturated carbocycles. The summed E-state index contributed by atoms with van der Waals surface area (Å²) < 4.78 is 103. The van der Waals surface area contributed by atoms with Gasteiger partial charge in [-0.1, -0.05) is 6.92 Å². The Bertz CT molecular complexity index is 1800.